The fourth-order valence-corrected chi connectivity index (χ4v) is 2.47. The topological polar surface area (TPSA) is 60.8 Å². The van der Waals surface area contributed by atoms with Gasteiger partial charge in [0.2, 0.25) is 0 Å². The van der Waals surface area contributed by atoms with Gasteiger partial charge >= 0.3 is 5.97 Å². The van der Waals surface area contributed by atoms with E-state index in [1.165, 1.54) is 0 Å². The van der Waals surface area contributed by atoms with E-state index in [9.17, 15) is 15.0 Å². The number of hydrogen-bond donors (Lipinski definition) is 2. The lowest BCUT2D eigenvalue weighted by atomic mass is 9.89. The van der Waals surface area contributed by atoms with Gasteiger partial charge in [-0.15, -0.1) is 0 Å². The fraction of sp³-hybridized carbons (Fsp3) is 0.533. The molecule has 1 atom stereocenters. The first-order valence-electron chi connectivity index (χ1n) is 6.62. The molecule has 1 rings (SSSR count). The van der Waals surface area contributed by atoms with Crippen molar-refractivity contribution in [1.82, 2.24) is 4.90 Å². The largest absolute Gasteiger partial charge is 0.508 e. The SMILES string of the molecule is CCN(CC)C(C)(Cc1cc(C)ccc1O)C(=O)O. The molecule has 0 aliphatic carbocycles. The molecule has 0 aliphatic heterocycles. The molecule has 0 aromatic heterocycles. The van der Waals surface area contributed by atoms with E-state index >= 15 is 0 Å². The highest BCUT2D eigenvalue weighted by atomic mass is 16.4. The maximum atomic E-state index is 11.7. The average Bonchev–Trinajstić information content (AvgIpc) is 2.35. The second-order valence-corrected chi connectivity index (χ2v) is 5.06. The Morgan fingerprint density at radius 1 is 1.32 bits per heavy atom. The van der Waals surface area contributed by atoms with Gasteiger partial charge in [-0.25, -0.2) is 0 Å². The summed E-state index contributed by atoms with van der Waals surface area (Å²) in [4.78, 5) is 13.6. The van der Waals surface area contributed by atoms with E-state index in [1.807, 2.05) is 37.8 Å². The van der Waals surface area contributed by atoms with Crippen molar-refractivity contribution in [3.63, 3.8) is 0 Å². The third kappa shape index (κ3) is 3.26. The predicted octanol–water partition coefficient (Wildman–Crippen LogP) is 2.43. The molecule has 0 spiro atoms. The van der Waals surface area contributed by atoms with Crippen molar-refractivity contribution in [3.05, 3.63) is 29.3 Å². The third-order valence-electron chi connectivity index (χ3n) is 3.69. The van der Waals surface area contributed by atoms with Crippen molar-refractivity contribution < 1.29 is 15.0 Å². The summed E-state index contributed by atoms with van der Waals surface area (Å²) >= 11 is 0. The molecule has 1 unspecified atom stereocenters. The highest BCUT2D eigenvalue weighted by molar-refractivity contribution is 5.79. The minimum Gasteiger partial charge on any atom is -0.508 e. The smallest absolute Gasteiger partial charge is 0.324 e. The van der Waals surface area contributed by atoms with E-state index in [1.54, 1.807) is 13.0 Å². The molecule has 0 bridgehead atoms. The Labute approximate surface area is 114 Å². The number of rotatable bonds is 6. The lowest BCUT2D eigenvalue weighted by Crippen LogP contribution is -2.53. The first-order valence-corrected chi connectivity index (χ1v) is 6.62. The number of likely N-dealkylation sites (N-methyl/N-ethyl adjacent to an activating group) is 1. The van der Waals surface area contributed by atoms with Crippen molar-refractivity contribution in [2.75, 3.05) is 13.1 Å². The van der Waals surface area contributed by atoms with Gasteiger partial charge in [0, 0.05) is 6.42 Å². The van der Waals surface area contributed by atoms with Crippen LogP contribution in [0.25, 0.3) is 0 Å². The van der Waals surface area contributed by atoms with Crippen LogP contribution in [0, 0.1) is 6.92 Å². The second kappa shape index (κ2) is 6.06. The van der Waals surface area contributed by atoms with E-state index in [0.717, 1.165) is 5.56 Å². The minimum absolute atomic E-state index is 0.158. The minimum atomic E-state index is -1.01. The fourth-order valence-electron chi connectivity index (χ4n) is 2.47. The van der Waals surface area contributed by atoms with Crippen molar-refractivity contribution in [1.29, 1.82) is 0 Å². The summed E-state index contributed by atoms with van der Waals surface area (Å²) in [5.41, 5.74) is 0.686. The van der Waals surface area contributed by atoms with Crippen LogP contribution in [0.3, 0.4) is 0 Å². The number of nitrogens with zero attached hydrogens (tertiary/aromatic N) is 1. The Morgan fingerprint density at radius 2 is 1.89 bits per heavy atom. The van der Waals surface area contributed by atoms with Crippen molar-refractivity contribution >= 4 is 5.97 Å². The van der Waals surface area contributed by atoms with Crippen LogP contribution in [0.5, 0.6) is 5.75 Å². The number of phenols is 1. The molecule has 4 heteroatoms. The highest BCUT2D eigenvalue weighted by Crippen LogP contribution is 2.27. The monoisotopic (exact) mass is 265 g/mol. The van der Waals surface area contributed by atoms with Crippen LogP contribution in [0.15, 0.2) is 18.2 Å². The molecule has 0 fully saturated rings. The first kappa shape index (κ1) is 15.5. The Hall–Kier alpha value is -1.55. The van der Waals surface area contributed by atoms with Gasteiger partial charge in [-0.2, -0.15) is 0 Å². The number of aryl methyl sites for hydroxylation is 1. The molecular formula is C15H23NO3. The lowest BCUT2D eigenvalue weighted by Gasteiger charge is -2.36. The molecule has 0 saturated carbocycles. The molecule has 19 heavy (non-hydrogen) atoms. The summed E-state index contributed by atoms with van der Waals surface area (Å²) < 4.78 is 0. The molecular weight excluding hydrogens is 242 g/mol. The van der Waals surface area contributed by atoms with E-state index in [2.05, 4.69) is 0 Å². The maximum Gasteiger partial charge on any atom is 0.324 e. The molecule has 4 nitrogen and oxygen atoms in total. The molecule has 0 radical (unpaired) electrons. The summed E-state index contributed by atoms with van der Waals surface area (Å²) in [6, 6.07) is 5.28. The van der Waals surface area contributed by atoms with Crippen molar-refractivity contribution in [2.24, 2.45) is 0 Å². The number of carbonyl (C=O) groups is 1. The van der Waals surface area contributed by atoms with E-state index < -0.39 is 11.5 Å². The van der Waals surface area contributed by atoms with Crippen LogP contribution in [0.2, 0.25) is 0 Å². The lowest BCUT2D eigenvalue weighted by molar-refractivity contribution is -0.150. The van der Waals surface area contributed by atoms with Crippen LogP contribution in [-0.4, -0.2) is 39.7 Å². The normalized spacial score (nSPS) is 14.4. The Kier molecular flexibility index (Phi) is 4.95. The zero-order valence-corrected chi connectivity index (χ0v) is 12.1. The van der Waals surface area contributed by atoms with Crippen molar-refractivity contribution in [2.45, 2.75) is 39.7 Å². The summed E-state index contributed by atoms with van der Waals surface area (Å²) in [5.74, 6) is -0.706. The summed E-state index contributed by atoms with van der Waals surface area (Å²) in [5, 5.41) is 19.5. The highest BCUT2D eigenvalue weighted by Gasteiger charge is 2.38. The van der Waals surface area contributed by atoms with Crippen LogP contribution >= 0.6 is 0 Å². The second-order valence-electron chi connectivity index (χ2n) is 5.06. The quantitative estimate of drug-likeness (QED) is 0.829. The van der Waals surface area contributed by atoms with Gasteiger partial charge in [0.05, 0.1) is 0 Å². The Bertz CT molecular complexity index is 455. The number of carboxylic acid groups (broad SMARTS) is 1. The van der Waals surface area contributed by atoms with Gasteiger partial charge in [-0.3, -0.25) is 9.69 Å². The zero-order valence-electron chi connectivity index (χ0n) is 12.1. The molecule has 106 valence electrons. The molecule has 0 aliphatic rings. The van der Waals surface area contributed by atoms with Crippen LogP contribution in [-0.2, 0) is 11.2 Å². The van der Waals surface area contributed by atoms with Crippen molar-refractivity contribution in [3.8, 4) is 5.75 Å². The predicted molar refractivity (Wildman–Crippen MR) is 75.5 cm³/mol. The molecule has 0 heterocycles. The zero-order chi connectivity index (χ0) is 14.6. The van der Waals surface area contributed by atoms with Crippen LogP contribution in [0.4, 0.5) is 0 Å². The number of aromatic hydroxyl groups is 1. The van der Waals surface area contributed by atoms with E-state index in [0.29, 0.717) is 18.7 Å². The molecule has 0 saturated heterocycles. The Balaban J connectivity index is 3.15. The van der Waals surface area contributed by atoms with Gasteiger partial charge in [0.15, 0.2) is 0 Å². The summed E-state index contributed by atoms with van der Waals surface area (Å²) in [7, 11) is 0. The number of carboxylic acids is 1. The van der Waals surface area contributed by atoms with Gasteiger partial charge in [0.25, 0.3) is 0 Å². The number of aliphatic carboxylic acids is 1. The van der Waals surface area contributed by atoms with E-state index in [4.69, 9.17) is 0 Å². The first-order chi connectivity index (χ1) is 8.85. The average molecular weight is 265 g/mol. The third-order valence-corrected chi connectivity index (χ3v) is 3.69. The summed E-state index contributed by atoms with van der Waals surface area (Å²) in [6.07, 6.45) is 0.289. The Morgan fingerprint density at radius 3 is 2.37 bits per heavy atom. The van der Waals surface area contributed by atoms with Gasteiger partial charge in [-0.1, -0.05) is 31.5 Å². The van der Waals surface area contributed by atoms with Crippen LogP contribution in [0.1, 0.15) is 31.9 Å². The van der Waals surface area contributed by atoms with E-state index in [-0.39, 0.29) is 12.2 Å². The van der Waals surface area contributed by atoms with Gasteiger partial charge in [0.1, 0.15) is 11.3 Å². The molecule has 1 aromatic carbocycles. The van der Waals surface area contributed by atoms with Gasteiger partial charge < -0.3 is 10.2 Å². The number of benzene rings is 1. The maximum absolute atomic E-state index is 11.7. The number of phenolic OH excluding ortho intramolecular Hbond substituents is 1. The van der Waals surface area contributed by atoms with Crippen LogP contribution < -0.4 is 0 Å². The molecule has 1 aromatic rings. The standard InChI is InChI=1S/C15H23NO3/c1-5-16(6-2)15(4,14(18)19)10-12-9-11(3)7-8-13(12)17/h7-9,17H,5-6,10H2,1-4H3,(H,18,19). The number of hydrogen-bond acceptors (Lipinski definition) is 3. The summed E-state index contributed by atoms with van der Waals surface area (Å²) in [6.45, 7) is 8.85. The molecule has 0 amide bonds. The van der Waals surface area contributed by atoms with Gasteiger partial charge in [-0.05, 0) is 38.6 Å². The molecule has 2 N–H and O–H groups in total.